The van der Waals surface area contributed by atoms with Crippen molar-refractivity contribution in [3.63, 3.8) is 0 Å². The maximum absolute atomic E-state index is 11.9. The zero-order valence-electron chi connectivity index (χ0n) is 12.5. The van der Waals surface area contributed by atoms with E-state index >= 15 is 0 Å². The third kappa shape index (κ3) is 3.57. The van der Waals surface area contributed by atoms with E-state index in [1.54, 1.807) is 0 Å². The molecule has 0 heterocycles. The second-order valence-electron chi connectivity index (χ2n) is 5.45. The van der Waals surface area contributed by atoms with Crippen molar-refractivity contribution in [1.82, 2.24) is 0 Å². The summed E-state index contributed by atoms with van der Waals surface area (Å²) in [5.41, 5.74) is 0.243. The third-order valence-electron chi connectivity index (χ3n) is 3.86. The van der Waals surface area contributed by atoms with E-state index in [9.17, 15) is 4.79 Å². The number of ether oxygens (including phenoxy) is 1. The summed E-state index contributed by atoms with van der Waals surface area (Å²) in [6.07, 6.45) is 4.21. The van der Waals surface area contributed by atoms with Crippen molar-refractivity contribution < 1.29 is 9.53 Å². The first-order valence-electron chi connectivity index (χ1n) is 6.71. The molecular formula is C16H24O2Si. The minimum atomic E-state index is -1.76. The number of carbonyl (C=O) groups excluding carboxylic acids is 1. The fourth-order valence-corrected chi connectivity index (χ4v) is 6.13. The van der Waals surface area contributed by atoms with Crippen LogP contribution < -0.4 is 5.19 Å². The normalized spacial score (nSPS) is 15.2. The van der Waals surface area contributed by atoms with Gasteiger partial charge < -0.3 is 4.74 Å². The van der Waals surface area contributed by atoms with E-state index in [1.165, 1.54) is 12.3 Å². The standard InChI is InChI=1S/C16H24O2Si/c1-6-10-15(13(2)16(17)18-3)19(4,5)14-11-8-7-9-12-14/h6-13,15H,1-5H3/b10-6+/t13-,15-/m0/s1. The summed E-state index contributed by atoms with van der Waals surface area (Å²) in [7, 11) is -0.299. The molecule has 0 bridgehead atoms. The van der Waals surface area contributed by atoms with Gasteiger partial charge in [-0.25, -0.2) is 0 Å². The van der Waals surface area contributed by atoms with Crippen molar-refractivity contribution in [2.75, 3.05) is 7.11 Å². The number of allylic oxidation sites excluding steroid dienone is 2. The lowest BCUT2D eigenvalue weighted by Crippen LogP contribution is -2.48. The van der Waals surface area contributed by atoms with Gasteiger partial charge in [-0.1, -0.05) is 67.7 Å². The molecule has 2 atom stereocenters. The highest BCUT2D eigenvalue weighted by atomic mass is 28.3. The van der Waals surface area contributed by atoms with Gasteiger partial charge in [0.1, 0.15) is 0 Å². The predicted octanol–water partition coefficient (Wildman–Crippen LogP) is 3.36. The molecule has 0 amide bonds. The Morgan fingerprint density at radius 2 is 1.84 bits per heavy atom. The molecule has 19 heavy (non-hydrogen) atoms. The second kappa shape index (κ2) is 6.71. The van der Waals surface area contributed by atoms with Gasteiger partial charge in [0.05, 0.1) is 21.1 Å². The number of benzene rings is 1. The Hall–Kier alpha value is -1.35. The van der Waals surface area contributed by atoms with E-state index < -0.39 is 8.07 Å². The van der Waals surface area contributed by atoms with Crippen LogP contribution in [0.25, 0.3) is 0 Å². The quantitative estimate of drug-likeness (QED) is 0.468. The van der Waals surface area contributed by atoms with Crippen LogP contribution in [0, 0.1) is 5.92 Å². The first kappa shape index (κ1) is 15.7. The van der Waals surface area contributed by atoms with Crippen LogP contribution in [0.15, 0.2) is 42.5 Å². The van der Waals surface area contributed by atoms with Crippen molar-refractivity contribution in [1.29, 1.82) is 0 Å². The molecule has 0 spiro atoms. The Kier molecular flexibility index (Phi) is 5.55. The molecule has 1 rings (SSSR count). The molecule has 0 aliphatic carbocycles. The van der Waals surface area contributed by atoms with E-state index in [2.05, 4.69) is 43.4 Å². The summed E-state index contributed by atoms with van der Waals surface area (Å²) in [6, 6.07) is 10.5. The zero-order valence-corrected chi connectivity index (χ0v) is 13.5. The molecule has 0 aromatic heterocycles. The second-order valence-corrected chi connectivity index (χ2v) is 10.1. The smallest absolute Gasteiger partial charge is 0.308 e. The molecule has 0 saturated carbocycles. The number of methoxy groups -OCH3 is 1. The van der Waals surface area contributed by atoms with Crippen LogP contribution in [-0.2, 0) is 9.53 Å². The van der Waals surface area contributed by atoms with E-state index in [0.29, 0.717) is 0 Å². The Balaban J connectivity index is 3.14. The largest absolute Gasteiger partial charge is 0.469 e. The molecule has 0 radical (unpaired) electrons. The SMILES string of the molecule is C/C=C/[C@@H]([C@H](C)C(=O)OC)[Si](C)(C)c1ccccc1. The molecule has 0 fully saturated rings. The Morgan fingerprint density at radius 3 is 2.32 bits per heavy atom. The highest BCUT2D eigenvalue weighted by Gasteiger charge is 2.38. The summed E-state index contributed by atoms with van der Waals surface area (Å²) in [6.45, 7) is 8.60. The molecule has 0 aliphatic heterocycles. The number of carbonyl (C=O) groups is 1. The van der Waals surface area contributed by atoms with Crippen molar-refractivity contribution in [2.24, 2.45) is 5.92 Å². The number of hydrogen-bond acceptors (Lipinski definition) is 2. The first-order chi connectivity index (χ1) is 8.95. The molecule has 1 aromatic carbocycles. The first-order valence-corrected chi connectivity index (χ1v) is 9.79. The average Bonchev–Trinajstić information content (AvgIpc) is 2.43. The molecule has 0 saturated heterocycles. The summed E-state index contributed by atoms with van der Waals surface area (Å²) in [5.74, 6) is -0.234. The lowest BCUT2D eigenvalue weighted by atomic mass is 10.1. The molecule has 2 nitrogen and oxygen atoms in total. The van der Waals surface area contributed by atoms with E-state index in [-0.39, 0.29) is 17.4 Å². The predicted molar refractivity (Wildman–Crippen MR) is 83.3 cm³/mol. The van der Waals surface area contributed by atoms with Crippen molar-refractivity contribution >= 4 is 19.2 Å². The minimum absolute atomic E-state index is 0.108. The van der Waals surface area contributed by atoms with Gasteiger partial charge in [0.2, 0.25) is 0 Å². The molecule has 0 unspecified atom stereocenters. The Bertz CT molecular complexity index is 437. The van der Waals surface area contributed by atoms with Crippen molar-refractivity contribution in [3.8, 4) is 0 Å². The van der Waals surface area contributed by atoms with Gasteiger partial charge in [0.15, 0.2) is 0 Å². The fourth-order valence-electron chi connectivity index (χ4n) is 2.63. The summed E-state index contributed by atoms with van der Waals surface area (Å²) < 4.78 is 4.92. The Labute approximate surface area is 117 Å². The zero-order chi connectivity index (χ0) is 14.5. The lowest BCUT2D eigenvalue weighted by molar-refractivity contribution is -0.144. The molecule has 104 valence electrons. The minimum Gasteiger partial charge on any atom is -0.469 e. The molecule has 3 heteroatoms. The fraction of sp³-hybridized carbons (Fsp3) is 0.438. The molecule has 0 N–H and O–H groups in total. The van der Waals surface area contributed by atoms with Gasteiger partial charge >= 0.3 is 5.97 Å². The number of esters is 1. The van der Waals surface area contributed by atoms with Crippen LogP contribution in [0.3, 0.4) is 0 Å². The number of hydrogen-bond donors (Lipinski definition) is 0. The maximum Gasteiger partial charge on any atom is 0.308 e. The summed E-state index contributed by atoms with van der Waals surface area (Å²) >= 11 is 0. The lowest BCUT2D eigenvalue weighted by Gasteiger charge is -2.34. The molecule has 0 aliphatic rings. The highest BCUT2D eigenvalue weighted by Crippen LogP contribution is 2.32. The van der Waals surface area contributed by atoms with Gasteiger partial charge in [-0.05, 0) is 12.5 Å². The van der Waals surface area contributed by atoms with E-state index in [1.807, 2.05) is 26.0 Å². The van der Waals surface area contributed by atoms with Crippen LogP contribution in [0.1, 0.15) is 13.8 Å². The molecule has 1 aromatic rings. The van der Waals surface area contributed by atoms with Gasteiger partial charge in [-0.15, -0.1) is 0 Å². The molecular weight excluding hydrogens is 252 g/mol. The topological polar surface area (TPSA) is 26.3 Å². The van der Waals surface area contributed by atoms with Crippen molar-refractivity contribution in [3.05, 3.63) is 42.5 Å². The third-order valence-corrected chi connectivity index (χ3v) is 8.04. The van der Waals surface area contributed by atoms with E-state index in [0.717, 1.165) is 0 Å². The van der Waals surface area contributed by atoms with Gasteiger partial charge in [-0.2, -0.15) is 0 Å². The van der Waals surface area contributed by atoms with Gasteiger partial charge in [0, 0.05) is 0 Å². The van der Waals surface area contributed by atoms with Crippen LogP contribution in [0.5, 0.6) is 0 Å². The van der Waals surface area contributed by atoms with Gasteiger partial charge in [-0.3, -0.25) is 4.79 Å². The van der Waals surface area contributed by atoms with Crippen LogP contribution in [0.4, 0.5) is 0 Å². The maximum atomic E-state index is 11.9. The highest BCUT2D eigenvalue weighted by molar-refractivity contribution is 6.91. The van der Waals surface area contributed by atoms with Crippen molar-refractivity contribution in [2.45, 2.75) is 32.5 Å². The Morgan fingerprint density at radius 1 is 1.26 bits per heavy atom. The summed E-state index contributed by atoms with van der Waals surface area (Å²) in [4.78, 5) is 11.9. The van der Waals surface area contributed by atoms with Crippen LogP contribution in [-0.4, -0.2) is 21.2 Å². The average molecular weight is 276 g/mol. The van der Waals surface area contributed by atoms with Crippen LogP contribution in [0.2, 0.25) is 18.6 Å². The van der Waals surface area contributed by atoms with Crippen LogP contribution >= 0.6 is 0 Å². The number of rotatable bonds is 5. The van der Waals surface area contributed by atoms with Gasteiger partial charge in [0.25, 0.3) is 0 Å². The summed E-state index contributed by atoms with van der Waals surface area (Å²) in [5, 5.41) is 1.37. The van der Waals surface area contributed by atoms with E-state index in [4.69, 9.17) is 4.74 Å². The monoisotopic (exact) mass is 276 g/mol.